The number of rotatable bonds is 3. The summed E-state index contributed by atoms with van der Waals surface area (Å²) in [5, 5.41) is 3.12. The van der Waals surface area contributed by atoms with Crippen molar-refractivity contribution in [1.82, 2.24) is 24.9 Å². The fraction of sp³-hybridized carbons (Fsp3) is 0.0833. The Morgan fingerprint density at radius 1 is 0.947 bits per heavy atom. The van der Waals surface area contributed by atoms with Gasteiger partial charge in [0.1, 0.15) is 23.0 Å². The van der Waals surface area contributed by atoms with E-state index in [1.807, 2.05) is 12.1 Å². The van der Waals surface area contributed by atoms with Crippen LogP contribution in [0, 0.1) is 0 Å². The molecular formula is C12H11N7. The van der Waals surface area contributed by atoms with Gasteiger partial charge in [-0.15, -0.1) is 0 Å². The lowest BCUT2D eigenvalue weighted by atomic mass is 10.4. The highest BCUT2D eigenvalue weighted by atomic mass is 15.1. The third-order valence-corrected chi connectivity index (χ3v) is 2.49. The molecule has 0 atom stereocenters. The van der Waals surface area contributed by atoms with E-state index < -0.39 is 0 Å². The van der Waals surface area contributed by atoms with Gasteiger partial charge in [0.25, 0.3) is 0 Å². The molecule has 0 amide bonds. The first-order chi connectivity index (χ1) is 9.31. The minimum Gasteiger partial charge on any atom is -0.384 e. The van der Waals surface area contributed by atoms with Gasteiger partial charge in [-0.2, -0.15) is 0 Å². The lowest BCUT2D eigenvalue weighted by Crippen LogP contribution is -2.06. The van der Waals surface area contributed by atoms with E-state index >= 15 is 0 Å². The number of nitrogens with zero attached hydrogens (tertiary/aromatic N) is 5. The third kappa shape index (κ3) is 2.54. The Morgan fingerprint density at radius 3 is 2.74 bits per heavy atom. The Morgan fingerprint density at radius 2 is 1.84 bits per heavy atom. The minimum absolute atomic E-state index is 0.448. The fourth-order valence-corrected chi connectivity index (χ4v) is 1.62. The summed E-state index contributed by atoms with van der Waals surface area (Å²) in [6.45, 7) is 0.448. The Balaban J connectivity index is 1.78. The Labute approximate surface area is 109 Å². The molecule has 0 saturated carbocycles. The molecule has 0 saturated heterocycles. The second kappa shape index (κ2) is 4.81. The number of nitrogen functional groups attached to an aromatic ring is 1. The van der Waals surface area contributed by atoms with E-state index in [2.05, 4.69) is 30.2 Å². The molecule has 0 aliphatic carbocycles. The van der Waals surface area contributed by atoms with Crippen molar-refractivity contribution < 1.29 is 0 Å². The molecular weight excluding hydrogens is 242 g/mol. The number of pyridine rings is 1. The highest BCUT2D eigenvalue weighted by Crippen LogP contribution is 2.10. The molecule has 3 N–H and O–H groups in total. The first-order valence-corrected chi connectivity index (χ1v) is 5.70. The van der Waals surface area contributed by atoms with Crippen molar-refractivity contribution in [3.63, 3.8) is 0 Å². The van der Waals surface area contributed by atoms with E-state index in [0.29, 0.717) is 29.7 Å². The standard InChI is InChI=1S/C12H11N7/c13-9-3-4-15-11(18-9)7-17-10-2-1-8-12(19-10)16-6-5-14-8/h1-6H,7H2,(H2,13,15,18)(H,16,17,19). The van der Waals surface area contributed by atoms with Gasteiger partial charge in [0.05, 0.1) is 6.54 Å². The predicted octanol–water partition coefficient (Wildman–Crippen LogP) is 1.01. The summed E-state index contributed by atoms with van der Waals surface area (Å²) in [7, 11) is 0. The van der Waals surface area contributed by atoms with Crippen molar-refractivity contribution in [3.8, 4) is 0 Å². The van der Waals surface area contributed by atoms with Gasteiger partial charge < -0.3 is 11.1 Å². The summed E-state index contributed by atoms with van der Waals surface area (Å²) in [4.78, 5) is 20.9. The van der Waals surface area contributed by atoms with Crippen LogP contribution in [0.5, 0.6) is 0 Å². The number of nitrogens with two attached hydrogens (primary N) is 1. The zero-order valence-electron chi connectivity index (χ0n) is 9.98. The molecule has 7 nitrogen and oxygen atoms in total. The van der Waals surface area contributed by atoms with Gasteiger partial charge >= 0.3 is 0 Å². The average molecular weight is 253 g/mol. The lowest BCUT2D eigenvalue weighted by Gasteiger charge is -2.05. The molecule has 94 valence electrons. The Hall–Kier alpha value is -2.83. The maximum atomic E-state index is 5.59. The van der Waals surface area contributed by atoms with Crippen LogP contribution in [0.3, 0.4) is 0 Å². The van der Waals surface area contributed by atoms with Gasteiger partial charge in [-0.3, -0.25) is 4.98 Å². The maximum absolute atomic E-state index is 5.59. The largest absolute Gasteiger partial charge is 0.384 e. The summed E-state index contributed by atoms with van der Waals surface area (Å²) in [5.74, 6) is 1.75. The van der Waals surface area contributed by atoms with E-state index in [9.17, 15) is 0 Å². The van der Waals surface area contributed by atoms with Crippen LogP contribution in [0.2, 0.25) is 0 Å². The van der Waals surface area contributed by atoms with Crippen LogP contribution in [-0.4, -0.2) is 24.9 Å². The topological polar surface area (TPSA) is 102 Å². The van der Waals surface area contributed by atoms with Crippen molar-refractivity contribution >= 4 is 22.8 Å². The first-order valence-electron chi connectivity index (χ1n) is 5.70. The van der Waals surface area contributed by atoms with Crippen molar-refractivity contribution in [2.45, 2.75) is 6.54 Å². The first kappa shape index (κ1) is 11.3. The second-order valence-corrected chi connectivity index (χ2v) is 3.85. The van der Waals surface area contributed by atoms with Crippen LogP contribution in [0.4, 0.5) is 11.6 Å². The van der Waals surface area contributed by atoms with Crippen molar-refractivity contribution in [3.05, 3.63) is 42.6 Å². The molecule has 0 radical (unpaired) electrons. The van der Waals surface area contributed by atoms with E-state index in [1.54, 1.807) is 24.7 Å². The number of nitrogens with one attached hydrogen (secondary N) is 1. The van der Waals surface area contributed by atoms with Crippen LogP contribution < -0.4 is 11.1 Å². The summed E-state index contributed by atoms with van der Waals surface area (Å²) >= 11 is 0. The average Bonchev–Trinajstić information content (AvgIpc) is 2.45. The van der Waals surface area contributed by atoms with Gasteiger partial charge in [0.2, 0.25) is 0 Å². The summed E-state index contributed by atoms with van der Waals surface area (Å²) in [5.41, 5.74) is 6.94. The molecule has 3 aromatic rings. The highest BCUT2D eigenvalue weighted by molar-refractivity contribution is 5.71. The minimum atomic E-state index is 0.448. The van der Waals surface area contributed by atoms with Crippen molar-refractivity contribution in [2.75, 3.05) is 11.1 Å². The number of fused-ring (bicyclic) bond motifs is 1. The molecule has 7 heteroatoms. The van der Waals surface area contributed by atoms with Crippen LogP contribution in [-0.2, 0) is 6.54 Å². The van der Waals surface area contributed by atoms with Crippen LogP contribution in [0.15, 0.2) is 36.8 Å². The molecule has 19 heavy (non-hydrogen) atoms. The zero-order chi connectivity index (χ0) is 13.1. The van der Waals surface area contributed by atoms with Gasteiger partial charge in [0, 0.05) is 18.6 Å². The molecule has 0 fully saturated rings. The molecule has 0 aliphatic rings. The normalized spacial score (nSPS) is 10.5. The SMILES string of the molecule is Nc1ccnc(CNc2ccc3nccnc3n2)n1. The Kier molecular flexibility index (Phi) is 2.85. The highest BCUT2D eigenvalue weighted by Gasteiger charge is 2.01. The monoisotopic (exact) mass is 253 g/mol. The van der Waals surface area contributed by atoms with Gasteiger partial charge in [-0.05, 0) is 18.2 Å². The second-order valence-electron chi connectivity index (χ2n) is 3.85. The molecule has 0 aliphatic heterocycles. The molecule has 0 aromatic carbocycles. The zero-order valence-corrected chi connectivity index (χ0v) is 9.98. The predicted molar refractivity (Wildman–Crippen MR) is 71.1 cm³/mol. The van der Waals surface area contributed by atoms with E-state index in [4.69, 9.17) is 5.73 Å². The van der Waals surface area contributed by atoms with Crippen LogP contribution in [0.25, 0.3) is 11.2 Å². The molecule has 0 unspecified atom stereocenters. The smallest absolute Gasteiger partial charge is 0.180 e. The fourth-order valence-electron chi connectivity index (χ4n) is 1.62. The van der Waals surface area contributed by atoms with Gasteiger partial charge in [0.15, 0.2) is 5.65 Å². The molecule has 3 aromatic heterocycles. The molecule has 0 bridgehead atoms. The number of anilines is 2. The van der Waals surface area contributed by atoms with Gasteiger partial charge in [-0.25, -0.2) is 19.9 Å². The van der Waals surface area contributed by atoms with E-state index in [0.717, 1.165) is 5.52 Å². The number of aromatic nitrogens is 5. The van der Waals surface area contributed by atoms with Crippen LogP contribution in [0.1, 0.15) is 5.82 Å². The van der Waals surface area contributed by atoms with Crippen molar-refractivity contribution in [1.29, 1.82) is 0 Å². The summed E-state index contributed by atoms with van der Waals surface area (Å²) in [6.07, 6.45) is 4.87. The van der Waals surface area contributed by atoms with Crippen LogP contribution >= 0.6 is 0 Å². The molecule has 0 spiro atoms. The van der Waals surface area contributed by atoms with E-state index in [-0.39, 0.29) is 0 Å². The van der Waals surface area contributed by atoms with E-state index in [1.165, 1.54) is 0 Å². The Bertz CT molecular complexity index is 713. The number of hydrogen-bond donors (Lipinski definition) is 2. The van der Waals surface area contributed by atoms with Crippen molar-refractivity contribution in [2.24, 2.45) is 0 Å². The van der Waals surface area contributed by atoms with Gasteiger partial charge in [-0.1, -0.05) is 0 Å². The lowest BCUT2D eigenvalue weighted by molar-refractivity contribution is 0.947. The summed E-state index contributed by atoms with van der Waals surface area (Å²) < 4.78 is 0. The molecule has 3 rings (SSSR count). The summed E-state index contributed by atoms with van der Waals surface area (Å²) in [6, 6.07) is 5.34. The maximum Gasteiger partial charge on any atom is 0.180 e. The number of hydrogen-bond acceptors (Lipinski definition) is 7. The molecule has 3 heterocycles. The quantitative estimate of drug-likeness (QED) is 0.718. The third-order valence-electron chi connectivity index (χ3n) is 2.49.